The number of thioether (sulfide) groups is 1. The van der Waals surface area contributed by atoms with Gasteiger partial charge in [0, 0.05) is 5.56 Å². The lowest BCUT2D eigenvalue weighted by Gasteiger charge is -2.17. The number of sulfone groups is 1. The highest BCUT2D eigenvalue weighted by atomic mass is 35.5. The molecule has 0 saturated heterocycles. The van der Waals surface area contributed by atoms with Gasteiger partial charge in [-0.15, -0.1) is 11.8 Å². The van der Waals surface area contributed by atoms with Crippen molar-refractivity contribution in [2.45, 2.75) is 9.79 Å². The van der Waals surface area contributed by atoms with Crippen molar-refractivity contribution in [3.8, 4) is 5.75 Å². The Morgan fingerprint density at radius 3 is 2.67 bits per heavy atom. The van der Waals surface area contributed by atoms with Crippen molar-refractivity contribution >= 4 is 44.8 Å². The first-order valence-corrected chi connectivity index (χ1v) is 10.2. The zero-order chi connectivity index (χ0) is 17.5. The fraction of sp³-hybridized carbons (Fsp3) is 0.188. The Bertz CT molecular complexity index is 928. The first kappa shape index (κ1) is 17.1. The maximum Gasteiger partial charge on any atom is 0.259 e. The summed E-state index contributed by atoms with van der Waals surface area (Å²) in [5, 5.41) is 0.308. The zero-order valence-electron chi connectivity index (χ0n) is 12.9. The van der Waals surface area contributed by atoms with E-state index in [2.05, 4.69) is 0 Å². The minimum Gasteiger partial charge on any atom is -0.494 e. The molecule has 0 radical (unpaired) electrons. The summed E-state index contributed by atoms with van der Waals surface area (Å²) in [6.45, 7) is 0. The van der Waals surface area contributed by atoms with Crippen LogP contribution in [-0.4, -0.2) is 33.6 Å². The number of hydrogen-bond acceptors (Lipinski definition) is 5. The van der Waals surface area contributed by atoms with Gasteiger partial charge in [-0.2, -0.15) is 0 Å². The molecule has 1 aliphatic heterocycles. The van der Waals surface area contributed by atoms with Gasteiger partial charge in [-0.25, -0.2) is 8.42 Å². The molecule has 0 N–H and O–H groups in total. The topological polar surface area (TPSA) is 63.7 Å². The highest BCUT2D eigenvalue weighted by molar-refractivity contribution is 7.98. The van der Waals surface area contributed by atoms with Crippen LogP contribution in [0.3, 0.4) is 0 Å². The predicted molar refractivity (Wildman–Crippen MR) is 95.1 cm³/mol. The van der Waals surface area contributed by atoms with Crippen LogP contribution in [0, 0.1) is 0 Å². The lowest BCUT2D eigenvalue weighted by atomic mass is 10.1. The first-order valence-electron chi connectivity index (χ1n) is 6.94. The summed E-state index contributed by atoms with van der Waals surface area (Å²) in [7, 11) is -2.00. The molecule has 0 fully saturated rings. The van der Waals surface area contributed by atoms with Crippen LogP contribution in [0.25, 0.3) is 0 Å². The van der Waals surface area contributed by atoms with Crippen molar-refractivity contribution in [1.29, 1.82) is 0 Å². The monoisotopic (exact) mass is 383 g/mol. The number of methoxy groups -OCH3 is 1. The summed E-state index contributed by atoms with van der Waals surface area (Å²) in [6.07, 6.45) is 1.85. The van der Waals surface area contributed by atoms with Crippen LogP contribution in [0.4, 0.5) is 5.69 Å². The molecule has 0 spiro atoms. The Morgan fingerprint density at radius 1 is 1.29 bits per heavy atom. The number of fused-ring (bicyclic) bond motifs is 1. The molecule has 8 heteroatoms. The molecule has 1 aliphatic rings. The molecule has 0 saturated carbocycles. The average Bonchev–Trinajstić information content (AvgIpc) is 2.85. The second-order valence-corrected chi connectivity index (χ2v) is 8.32. The third-order valence-corrected chi connectivity index (χ3v) is 6.35. The Morgan fingerprint density at radius 2 is 2.00 bits per heavy atom. The van der Waals surface area contributed by atoms with Gasteiger partial charge in [0.1, 0.15) is 5.88 Å². The number of hydrogen-bond donors (Lipinski definition) is 0. The molecule has 2 aromatic carbocycles. The van der Waals surface area contributed by atoms with Gasteiger partial charge in [0.25, 0.3) is 5.91 Å². The van der Waals surface area contributed by atoms with E-state index in [9.17, 15) is 13.2 Å². The van der Waals surface area contributed by atoms with Gasteiger partial charge in [-0.1, -0.05) is 23.7 Å². The van der Waals surface area contributed by atoms with Crippen molar-refractivity contribution in [2.24, 2.45) is 0 Å². The number of anilines is 1. The number of carbonyl (C=O) groups is 1. The van der Waals surface area contributed by atoms with Crippen molar-refractivity contribution in [3.63, 3.8) is 0 Å². The maximum absolute atomic E-state index is 12.9. The fourth-order valence-electron chi connectivity index (χ4n) is 2.62. The standard InChI is InChI=1S/C16H14ClNO4S2/c1-22-15-11(17)7-10(8-13(15)23-2)16(19)18-9-24(20,21)14-6-4-3-5-12(14)18/h3-8H,9H2,1-2H3. The second-order valence-electron chi connectivity index (χ2n) is 5.14. The van der Waals surface area contributed by atoms with E-state index in [1.165, 1.54) is 35.9 Å². The fourth-order valence-corrected chi connectivity index (χ4v) is 5.11. The Hall–Kier alpha value is -1.70. The molecule has 0 aliphatic carbocycles. The summed E-state index contributed by atoms with van der Waals surface area (Å²) < 4.78 is 29.7. The van der Waals surface area contributed by atoms with Crippen molar-refractivity contribution in [3.05, 3.63) is 47.0 Å². The molecule has 0 atom stereocenters. The molecule has 0 aromatic heterocycles. The van der Waals surface area contributed by atoms with Gasteiger partial charge in [-0.05, 0) is 30.5 Å². The van der Waals surface area contributed by atoms with Crippen LogP contribution in [-0.2, 0) is 9.84 Å². The van der Waals surface area contributed by atoms with Crippen molar-refractivity contribution in [1.82, 2.24) is 0 Å². The van der Waals surface area contributed by atoms with Crippen molar-refractivity contribution < 1.29 is 17.9 Å². The summed E-state index contributed by atoms with van der Waals surface area (Å²) in [5.41, 5.74) is 0.706. The molecule has 0 bridgehead atoms. The summed E-state index contributed by atoms with van der Waals surface area (Å²) in [4.78, 5) is 15.0. The van der Waals surface area contributed by atoms with E-state index < -0.39 is 15.7 Å². The smallest absolute Gasteiger partial charge is 0.259 e. The van der Waals surface area contributed by atoms with Crippen LogP contribution in [0.1, 0.15) is 10.4 Å². The van der Waals surface area contributed by atoms with Crippen LogP contribution >= 0.6 is 23.4 Å². The number of amides is 1. The van der Waals surface area contributed by atoms with Gasteiger partial charge in [0.2, 0.25) is 0 Å². The molecule has 3 rings (SSSR count). The Kier molecular flexibility index (Phi) is 4.50. The molecule has 2 aromatic rings. The summed E-state index contributed by atoms with van der Waals surface area (Å²) in [6, 6.07) is 9.63. The molecule has 24 heavy (non-hydrogen) atoms. The van der Waals surface area contributed by atoms with Crippen LogP contribution in [0.2, 0.25) is 5.02 Å². The van der Waals surface area contributed by atoms with Gasteiger partial charge in [0.05, 0.1) is 27.6 Å². The number of nitrogens with zero attached hydrogens (tertiary/aromatic N) is 1. The van der Waals surface area contributed by atoms with Crippen molar-refractivity contribution in [2.75, 3.05) is 24.1 Å². The SMILES string of the molecule is COc1c(Cl)cc(C(=O)N2CS(=O)(=O)c3ccccc32)cc1SC. The summed E-state index contributed by atoms with van der Waals surface area (Å²) >= 11 is 7.59. The Balaban J connectivity index is 2.07. The van der Waals surface area contributed by atoms with E-state index in [0.29, 0.717) is 26.9 Å². The van der Waals surface area contributed by atoms with Gasteiger partial charge in [0.15, 0.2) is 15.6 Å². The molecule has 1 amide bonds. The van der Waals surface area contributed by atoms with Gasteiger partial charge >= 0.3 is 0 Å². The molecular weight excluding hydrogens is 370 g/mol. The maximum atomic E-state index is 12.9. The lowest BCUT2D eigenvalue weighted by Crippen LogP contribution is -2.30. The van der Waals surface area contributed by atoms with Crippen LogP contribution < -0.4 is 9.64 Å². The number of rotatable bonds is 3. The minimum atomic E-state index is -3.50. The molecule has 126 valence electrons. The van der Waals surface area contributed by atoms with Gasteiger partial charge < -0.3 is 4.74 Å². The number of carbonyl (C=O) groups excluding carboxylic acids is 1. The van der Waals surface area contributed by atoms with E-state index in [-0.39, 0.29) is 10.8 Å². The molecule has 0 unspecified atom stereocenters. The Labute approximate surface area is 149 Å². The highest BCUT2D eigenvalue weighted by Crippen LogP contribution is 2.38. The van der Waals surface area contributed by atoms with E-state index >= 15 is 0 Å². The third-order valence-electron chi connectivity index (χ3n) is 3.72. The van der Waals surface area contributed by atoms with Crippen LogP contribution in [0.15, 0.2) is 46.2 Å². The average molecular weight is 384 g/mol. The third kappa shape index (κ3) is 2.76. The lowest BCUT2D eigenvalue weighted by molar-refractivity contribution is 0.0991. The van der Waals surface area contributed by atoms with Gasteiger partial charge in [-0.3, -0.25) is 9.69 Å². The first-order chi connectivity index (χ1) is 11.4. The van der Waals surface area contributed by atoms with E-state index in [1.807, 2.05) is 6.26 Å². The molecule has 1 heterocycles. The quantitative estimate of drug-likeness (QED) is 0.759. The number of ether oxygens (including phenoxy) is 1. The zero-order valence-corrected chi connectivity index (χ0v) is 15.3. The van der Waals surface area contributed by atoms with E-state index in [0.717, 1.165) is 0 Å². The predicted octanol–water partition coefficient (Wildman–Crippen LogP) is 3.46. The summed E-state index contributed by atoms with van der Waals surface area (Å²) in [5.74, 6) is -0.290. The van der Waals surface area contributed by atoms with E-state index in [1.54, 1.807) is 24.3 Å². The van der Waals surface area contributed by atoms with E-state index in [4.69, 9.17) is 16.3 Å². The number of para-hydroxylation sites is 1. The number of benzene rings is 2. The van der Waals surface area contributed by atoms with Crippen LogP contribution in [0.5, 0.6) is 5.75 Å². The second kappa shape index (κ2) is 6.31. The molecular formula is C16H14ClNO4S2. The largest absolute Gasteiger partial charge is 0.494 e. The normalized spacial score (nSPS) is 15.2. The number of halogens is 1. The highest BCUT2D eigenvalue weighted by Gasteiger charge is 2.36. The molecule has 5 nitrogen and oxygen atoms in total. The minimum absolute atomic E-state index is 0.169.